The first-order valence-corrected chi connectivity index (χ1v) is 10.7. The first-order valence-electron chi connectivity index (χ1n) is 9.50. The third-order valence-corrected chi connectivity index (χ3v) is 6.83. The predicted molar refractivity (Wildman–Crippen MR) is 118 cm³/mol. The quantitative estimate of drug-likeness (QED) is 0.677. The summed E-state index contributed by atoms with van der Waals surface area (Å²) in [7, 11) is 0. The molecule has 1 aromatic heterocycles. The normalized spacial score (nSPS) is 21.3. The molecule has 0 radical (unpaired) electrons. The minimum absolute atomic E-state index is 0.0894. The Balaban J connectivity index is 1.99. The van der Waals surface area contributed by atoms with Crippen LogP contribution in [0.25, 0.3) is 0 Å². The van der Waals surface area contributed by atoms with E-state index in [0.717, 1.165) is 21.1 Å². The Kier molecular flexibility index (Phi) is 4.80. The Hall–Kier alpha value is -2.55. The predicted octanol–water partition coefficient (Wildman–Crippen LogP) is 5.65. The standard InChI is InChI=1S/C23H22ClN3OS/c1-13-4-9-19(29-13)20-16(12-25)22(26)27(15-7-5-14(24)6-8-15)17-10-23(2,3)11-18(28)21(17)20/h4-9,20H,10-11,26H2,1-3H3. The molecule has 6 heteroatoms. The molecule has 0 saturated heterocycles. The molecule has 1 atom stereocenters. The second-order valence-corrected chi connectivity index (χ2v) is 10.2. The number of carbonyl (C=O) groups excluding carboxylic acids is 1. The van der Waals surface area contributed by atoms with E-state index in [0.29, 0.717) is 34.8 Å². The lowest BCUT2D eigenvalue weighted by Crippen LogP contribution is -2.42. The number of hydrogen-bond acceptors (Lipinski definition) is 5. The van der Waals surface area contributed by atoms with Gasteiger partial charge in [0.25, 0.3) is 0 Å². The lowest BCUT2D eigenvalue weighted by Gasteiger charge is -2.43. The monoisotopic (exact) mass is 423 g/mol. The summed E-state index contributed by atoms with van der Waals surface area (Å²) in [5.41, 5.74) is 9.23. The lowest BCUT2D eigenvalue weighted by atomic mass is 9.69. The number of Topliss-reactive ketones (excluding diaryl/α,β-unsaturated/α-hetero) is 1. The topological polar surface area (TPSA) is 70.1 Å². The molecule has 0 saturated carbocycles. The van der Waals surface area contributed by atoms with E-state index in [-0.39, 0.29) is 11.2 Å². The van der Waals surface area contributed by atoms with Crippen LogP contribution in [0.1, 0.15) is 42.4 Å². The second kappa shape index (κ2) is 7.05. The van der Waals surface area contributed by atoms with Crippen LogP contribution < -0.4 is 10.6 Å². The number of nitrogens with two attached hydrogens (primary N) is 1. The molecule has 1 unspecified atom stereocenters. The maximum Gasteiger partial charge on any atom is 0.162 e. The molecule has 2 aromatic rings. The molecule has 1 aliphatic heterocycles. The zero-order valence-corrected chi connectivity index (χ0v) is 18.2. The van der Waals surface area contributed by atoms with Gasteiger partial charge in [-0.05, 0) is 55.2 Å². The maximum absolute atomic E-state index is 13.4. The maximum atomic E-state index is 13.4. The number of anilines is 1. The summed E-state index contributed by atoms with van der Waals surface area (Å²) in [4.78, 5) is 17.4. The Morgan fingerprint density at radius 2 is 1.90 bits per heavy atom. The average molecular weight is 424 g/mol. The van der Waals surface area contributed by atoms with E-state index < -0.39 is 5.92 Å². The zero-order chi connectivity index (χ0) is 20.9. The smallest absolute Gasteiger partial charge is 0.162 e. The number of ketones is 1. The summed E-state index contributed by atoms with van der Waals surface area (Å²) in [5, 5.41) is 10.6. The summed E-state index contributed by atoms with van der Waals surface area (Å²) in [6.45, 7) is 6.22. The number of benzene rings is 1. The largest absolute Gasteiger partial charge is 0.384 e. The number of rotatable bonds is 2. The molecule has 148 valence electrons. The van der Waals surface area contributed by atoms with E-state index in [1.807, 2.05) is 36.1 Å². The Bertz CT molecular complexity index is 1100. The number of aryl methyl sites for hydroxylation is 1. The number of hydrogen-bond donors (Lipinski definition) is 1. The molecule has 4 rings (SSSR count). The number of nitriles is 1. The highest BCUT2D eigenvalue weighted by atomic mass is 35.5. The lowest BCUT2D eigenvalue weighted by molar-refractivity contribution is -0.118. The van der Waals surface area contributed by atoms with Gasteiger partial charge in [-0.2, -0.15) is 5.26 Å². The second-order valence-electron chi connectivity index (χ2n) is 8.41. The SMILES string of the molecule is Cc1ccc(C2C(C#N)=C(N)N(c3ccc(Cl)cc3)C3=C2C(=O)CC(C)(C)C3)s1. The molecule has 1 aliphatic carbocycles. The van der Waals surface area contributed by atoms with Crippen LogP contribution in [0, 0.1) is 23.7 Å². The van der Waals surface area contributed by atoms with Crippen LogP contribution in [0.4, 0.5) is 5.69 Å². The molecule has 29 heavy (non-hydrogen) atoms. The van der Waals surface area contributed by atoms with Gasteiger partial charge in [0.2, 0.25) is 0 Å². The zero-order valence-electron chi connectivity index (χ0n) is 16.6. The fourth-order valence-corrected chi connectivity index (χ4v) is 5.41. The van der Waals surface area contributed by atoms with Crippen LogP contribution in [0.3, 0.4) is 0 Å². The van der Waals surface area contributed by atoms with Gasteiger partial charge in [-0.3, -0.25) is 9.69 Å². The minimum Gasteiger partial charge on any atom is -0.384 e. The summed E-state index contributed by atoms with van der Waals surface area (Å²) >= 11 is 7.68. The molecule has 0 bridgehead atoms. The molecule has 0 fully saturated rings. The molecule has 1 aromatic carbocycles. The van der Waals surface area contributed by atoms with Gasteiger partial charge >= 0.3 is 0 Å². The molecule has 2 heterocycles. The van der Waals surface area contributed by atoms with Gasteiger partial charge < -0.3 is 5.73 Å². The highest BCUT2D eigenvalue weighted by Gasteiger charge is 2.45. The molecule has 4 nitrogen and oxygen atoms in total. The van der Waals surface area contributed by atoms with Gasteiger partial charge in [-0.25, -0.2) is 0 Å². The summed E-state index contributed by atoms with van der Waals surface area (Å²) in [5.74, 6) is 0.0718. The van der Waals surface area contributed by atoms with Gasteiger partial charge in [0.1, 0.15) is 5.82 Å². The molecular formula is C23H22ClN3OS. The minimum atomic E-state index is -0.402. The first kappa shape index (κ1) is 19.8. The van der Waals surface area contributed by atoms with Crippen molar-refractivity contribution in [3.63, 3.8) is 0 Å². The van der Waals surface area contributed by atoms with E-state index >= 15 is 0 Å². The van der Waals surface area contributed by atoms with Gasteiger partial charge in [-0.1, -0.05) is 25.4 Å². The first-order chi connectivity index (χ1) is 13.7. The highest BCUT2D eigenvalue weighted by molar-refractivity contribution is 7.12. The van der Waals surface area contributed by atoms with E-state index in [9.17, 15) is 10.1 Å². The fourth-order valence-electron chi connectivity index (χ4n) is 4.29. The van der Waals surface area contributed by atoms with E-state index in [4.69, 9.17) is 17.3 Å². The summed E-state index contributed by atoms with van der Waals surface area (Å²) in [6, 6.07) is 13.7. The van der Waals surface area contributed by atoms with Crippen molar-refractivity contribution in [1.82, 2.24) is 0 Å². The van der Waals surface area contributed by atoms with Crippen molar-refractivity contribution in [2.75, 3.05) is 4.90 Å². The van der Waals surface area contributed by atoms with Crippen molar-refractivity contribution in [2.45, 2.75) is 39.5 Å². The van der Waals surface area contributed by atoms with Gasteiger partial charge in [-0.15, -0.1) is 11.3 Å². The molecule has 2 N–H and O–H groups in total. The molecular weight excluding hydrogens is 402 g/mol. The van der Waals surface area contributed by atoms with E-state index in [2.05, 4.69) is 19.9 Å². The Labute approximate surface area is 179 Å². The van der Waals surface area contributed by atoms with Crippen LogP contribution in [0.2, 0.25) is 5.02 Å². The number of carbonyl (C=O) groups is 1. The number of nitrogens with zero attached hydrogens (tertiary/aromatic N) is 2. The van der Waals surface area contributed by atoms with Crippen LogP contribution >= 0.6 is 22.9 Å². The number of allylic oxidation sites excluding steroid dienone is 3. The summed E-state index contributed by atoms with van der Waals surface area (Å²) in [6.07, 6.45) is 1.16. The number of thiophene rings is 1. The van der Waals surface area contributed by atoms with Gasteiger partial charge in [0.05, 0.1) is 17.6 Å². The summed E-state index contributed by atoms with van der Waals surface area (Å²) < 4.78 is 0. The molecule has 2 aliphatic rings. The van der Waals surface area contributed by atoms with Crippen LogP contribution in [-0.2, 0) is 4.79 Å². The third kappa shape index (κ3) is 3.37. The fraction of sp³-hybridized carbons (Fsp3) is 0.304. The average Bonchev–Trinajstić information content (AvgIpc) is 3.07. The van der Waals surface area contributed by atoms with Crippen molar-refractivity contribution in [2.24, 2.45) is 11.1 Å². The van der Waals surface area contributed by atoms with Crippen molar-refractivity contribution in [3.05, 3.63) is 73.8 Å². The Morgan fingerprint density at radius 1 is 1.21 bits per heavy atom. The van der Waals surface area contributed by atoms with E-state index in [1.54, 1.807) is 23.5 Å². The van der Waals surface area contributed by atoms with Crippen LogP contribution in [0.15, 0.2) is 59.1 Å². The van der Waals surface area contributed by atoms with Crippen molar-refractivity contribution in [1.29, 1.82) is 5.26 Å². The van der Waals surface area contributed by atoms with Gasteiger partial charge in [0, 0.05) is 38.2 Å². The molecule has 0 spiro atoms. The third-order valence-electron chi connectivity index (χ3n) is 5.51. The Morgan fingerprint density at radius 3 is 2.48 bits per heavy atom. The van der Waals surface area contributed by atoms with E-state index in [1.165, 1.54) is 0 Å². The van der Waals surface area contributed by atoms with Gasteiger partial charge in [0.15, 0.2) is 5.78 Å². The van der Waals surface area contributed by atoms with Crippen molar-refractivity contribution in [3.8, 4) is 6.07 Å². The number of halogens is 1. The highest BCUT2D eigenvalue weighted by Crippen LogP contribution is 2.51. The molecule has 0 amide bonds. The van der Waals surface area contributed by atoms with Crippen molar-refractivity contribution >= 4 is 34.4 Å². The van der Waals surface area contributed by atoms with Crippen molar-refractivity contribution < 1.29 is 4.79 Å². The van der Waals surface area contributed by atoms with Crippen LogP contribution in [0.5, 0.6) is 0 Å². The van der Waals surface area contributed by atoms with Crippen LogP contribution in [-0.4, -0.2) is 5.78 Å².